The van der Waals surface area contributed by atoms with Crippen LogP contribution in [0.5, 0.6) is 0 Å². The largest absolute Gasteiger partial charge is 0.461 e. The van der Waals surface area contributed by atoms with Gasteiger partial charge in [0.15, 0.2) is 11.9 Å². The van der Waals surface area contributed by atoms with Crippen molar-refractivity contribution in [3.63, 3.8) is 0 Å². The van der Waals surface area contributed by atoms with E-state index in [2.05, 4.69) is 16.4 Å². The first-order valence-electron chi connectivity index (χ1n) is 5.22. The minimum absolute atomic E-state index is 0.0299. The van der Waals surface area contributed by atoms with Gasteiger partial charge in [0.1, 0.15) is 5.69 Å². The van der Waals surface area contributed by atoms with Crippen molar-refractivity contribution in [2.45, 2.75) is 26.6 Å². The summed E-state index contributed by atoms with van der Waals surface area (Å²) in [5, 5.41) is 3.36. The molecule has 0 N–H and O–H groups in total. The minimum atomic E-state index is -3.05. The molecular formula is C11H13F3N2O2. The highest BCUT2D eigenvalue weighted by Crippen LogP contribution is 2.26. The number of allylic oxidation sites excluding steroid dienone is 1. The SMILES string of the molecule is C=C(C)C(F)c1cc(C(=O)OCC)n(C(F)F)n1. The Morgan fingerprint density at radius 3 is 2.61 bits per heavy atom. The first kappa shape index (κ1) is 14.3. The molecule has 0 bridgehead atoms. The number of hydrogen-bond acceptors (Lipinski definition) is 3. The highest BCUT2D eigenvalue weighted by atomic mass is 19.3. The summed E-state index contributed by atoms with van der Waals surface area (Å²) in [5.41, 5.74) is -0.652. The summed E-state index contributed by atoms with van der Waals surface area (Å²) in [6.07, 6.45) is -1.70. The highest BCUT2D eigenvalue weighted by Gasteiger charge is 2.25. The number of hydrogen-bond donors (Lipinski definition) is 0. The van der Waals surface area contributed by atoms with Crippen LogP contribution in [0.1, 0.15) is 42.8 Å². The molecule has 0 aliphatic heterocycles. The van der Waals surface area contributed by atoms with Crippen LogP contribution in [0.2, 0.25) is 0 Å². The van der Waals surface area contributed by atoms with Crippen LogP contribution in [-0.2, 0) is 4.74 Å². The van der Waals surface area contributed by atoms with Crippen LogP contribution in [0.15, 0.2) is 18.2 Å². The van der Waals surface area contributed by atoms with Crippen molar-refractivity contribution < 1.29 is 22.7 Å². The zero-order valence-electron chi connectivity index (χ0n) is 9.99. The van der Waals surface area contributed by atoms with Gasteiger partial charge in [-0.15, -0.1) is 0 Å². The van der Waals surface area contributed by atoms with Gasteiger partial charge in [0.2, 0.25) is 0 Å². The number of rotatable bonds is 5. The van der Waals surface area contributed by atoms with E-state index in [9.17, 15) is 18.0 Å². The third-order valence-corrected chi connectivity index (χ3v) is 2.12. The predicted molar refractivity (Wildman–Crippen MR) is 58.1 cm³/mol. The Kier molecular flexibility index (Phi) is 4.52. The molecule has 1 atom stereocenters. The van der Waals surface area contributed by atoms with Crippen LogP contribution >= 0.6 is 0 Å². The lowest BCUT2D eigenvalue weighted by Crippen LogP contribution is -2.13. The standard InChI is InChI=1S/C11H13F3N2O2/c1-4-18-10(17)8-5-7(9(12)6(2)3)15-16(8)11(13)14/h5,9,11H,2,4H2,1,3H3. The summed E-state index contributed by atoms with van der Waals surface area (Å²) in [5.74, 6) is -0.967. The molecule has 1 unspecified atom stereocenters. The van der Waals surface area contributed by atoms with Gasteiger partial charge in [-0.2, -0.15) is 18.6 Å². The summed E-state index contributed by atoms with van der Waals surface area (Å²) in [7, 11) is 0. The van der Waals surface area contributed by atoms with E-state index < -0.39 is 24.4 Å². The summed E-state index contributed by atoms with van der Waals surface area (Å²) in [6, 6.07) is 0.948. The summed E-state index contributed by atoms with van der Waals surface area (Å²) < 4.78 is 43.6. The number of alkyl halides is 3. The Balaban J connectivity index is 3.16. The number of aromatic nitrogens is 2. The molecule has 1 aromatic heterocycles. The topological polar surface area (TPSA) is 44.1 Å². The maximum atomic E-state index is 13.6. The van der Waals surface area contributed by atoms with Crippen LogP contribution in [0.3, 0.4) is 0 Å². The maximum Gasteiger partial charge on any atom is 0.356 e. The minimum Gasteiger partial charge on any atom is -0.461 e. The normalized spacial score (nSPS) is 12.6. The molecule has 1 heterocycles. The summed E-state index contributed by atoms with van der Waals surface area (Å²) in [4.78, 5) is 11.4. The second kappa shape index (κ2) is 5.70. The molecule has 18 heavy (non-hydrogen) atoms. The lowest BCUT2D eigenvalue weighted by atomic mass is 10.1. The fraction of sp³-hybridized carbons (Fsp3) is 0.455. The molecule has 1 aromatic rings. The Morgan fingerprint density at radius 2 is 2.17 bits per heavy atom. The Bertz CT molecular complexity index is 457. The predicted octanol–water partition coefficient (Wildman–Crippen LogP) is 3.04. The Morgan fingerprint density at radius 1 is 1.56 bits per heavy atom. The number of halogens is 3. The zero-order chi connectivity index (χ0) is 13.9. The van der Waals surface area contributed by atoms with Crippen molar-refractivity contribution in [1.29, 1.82) is 0 Å². The molecule has 0 saturated carbocycles. The van der Waals surface area contributed by atoms with E-state index >= 15 is 0 Å². The van der Waals surface area contributed by atoms with Crippen molar-refractivity contribution in [1.82, 2.24) is 9.78 Å². The molecule has 7 heteroatoms. The third-order valence-electron chi connectivity index (χ3n) is 2.12. The highest BCUT2D eigenvalue weighted by molar-refractivity contribution is 5.87. The van der Waals surface area contributed by atoms with E-state index in [4.69, 9.17) is 0 Å². The molecule has 0 amide bonds. The molecular weight excluding hydrogens is 249 g/mol. The van der Waals surface area contributed by atoms with Crippen LogP contribution in [-0.4, -0.2) is 22.4 Å². The van der Waals surface area contributed by atoms with E-state index in [1.165, 1.54) is 13.8 Å². The molecule has 1 rings (SSSR count). The van der Waals surface area contributed by atoms with Crippen molar-refractivity contribution in [2.24, 2.45) is 0 Å². The van der Waals surface area contributed by atoms with Crippen molar-refractivity contribution in [2.75, 3.05) is 6.61 Å². The molecule has 0 radical (unpaired) electrons. The lowest BCUT2D eigenvalue weighted by Gasteiger charge is -2.04. The van der Waals surface area contributed by atoms with Gasteiger partial charge in [0, 0.05) is 0 Å². The van der Waals surface area contributed by atoms with Gasteiger partial charge in [-0.1, -0.05) is 6.58 Å². The van der Waals surface area contributed by atoms with Gasteiger partial charge >= 0.3 is 12.5 Å². The molecule has 0 aliphatic rings. The lowest BCUT2D eigenvalue weighted by molar-refractivity contribution is 0.0353. The quantitative estimate of drug-likeness (QED) is 0.605. The maximum absolute atomic E-state index is 13.6. The fourth-order valence-electron chi connectivity index (χ4n) is 1.30. The molecule has 4 nitrogen and oxygen atoms in total. The number of esters is 1. The third kappa shape index (κ3) is 2.91. The van der Waals surface area contributed by atoms with Gasteiger partial charge in [-0.25, -0.2) is 9.18 Å². The average molecular weight is 262 g/mol. The molecule has 0 saturated heterocycles. The van der Waals surface area contributed by atoms with Gasteiger partial charge in [-0.3, -0.25) is 0 Å². The van der Waals surface area contributed by atoms with E-state index in [1.807, 2.05) is 0 Å². The van der Waals surface area contributed by atoms with Crippen LogP contribution in [0.4, 0.5) is 13.2 Å². The second-order valence-corrected chi connectivity index (χ2v) is 3.61. The van der Waals surface area contributed by atoms with Gasteiger partial charge in [0.05, 0.1) is 6.61 Å². The number of carbonyl (C=O) groups excluding carboxylic acids is 1. The number of ether oxygens (including phenoxy) is 1. The van der Waals surface area contributed by atoms with Crippen LogP contribution in [0, 0.1) is 0 Å². The van der Waals surface area contributed by atoms with Gasteiger partial charge in [0.25, 0.3) is 0 Å². The van der Waals surface area contributed by atoms with E-state index in [-0.39, 0.29) is 22.6 Å². The van der Waals surface area contributed by atoms with Crippen LogP contribution in [0.25, 0.3) is 0 Å². The van der Waals surface area contributed by atoms with Crippen molar-refractivity contribution in [3.05, 3.63) is 29.6 Å². The smallest absolute Gasteiger partial charge is 0.356 e. The van der Waals surface area contributed by atoms with Crippen molar-refractivity contribution in [3.8, 4) is 0 Å². The van der Waals surface area contributed by atoms with Crippen LogP contribution < -0.4 is 0 Å². The first-order valence-corrected chi connectivity index (χ1v) is 5.22. The fourth-order valence-corrected chi connectivity index (χ4v) is 1.30. The van der Waals surface area contributed by atoms with E-state index in [0.29, 0.717) is 0 Å². The molecule has 0 fully saturated rings. The zero-order valence-corrected chi connectivity index (χ0v) is 9.99. The van der Waals surface area contributed by atoms with E-state index in [1.54, 1.807) is 0 Å². The monoisotopic (exact) mass is 262 g/mol. The van der Waals surface area contributed by atoms with Crippen molar-refractivity contribution >= 4 is 5.97 Å². The molecule has 0 aromatic carbocycles. The summed E-state index contributed by atoms with van der Waals surface area (Å²) >= 11 is 0. The number of nitrogens with zero attached hydrogens (tertiary/aromatic N) is 2. The van der Waals surface area contributed by atoms with E-state index in [0.717, 1.165) is 6.07 Å². The Labute approximate surface area is 102 Å². The molecule has 100 valence electrons. The van der Waals surface area contributed by atoms with Gasteiger partial charge in [-0.05, 0) is 25.5 Å². The Hall–Kier alpha value is -1.79. The first-order chi connectivity index (χ1) is 8.38. The summed E-state index contributed by atoms with van der Waals surface area (Å²) in [6.45, 7) is 3.29. The second-order valence-electron chi connectivity index (χ2n) is 3.61. The molecule has 0 spiro atoms. The molecule has 0 aliphatic carbocycles. The number of carbonyl (C=O) groups is 1. The average Bonchev–Trinajstić information content (AvgIpc) is 2.72. The van der Waals surface area contributed by atoms with Gasteiger partial charge < -0.3 is 4.74 Å².